The zero-order valence-corrected chi connectivity index (χ0v) is 12.8. The second-order valence-corrected chi connectivity index (χ2v) is 5.41. The Morgan fingerprint density at radius 2 is 2.10 bits per heavy atom. The summed E-state index contributed by atoms with van der Waals surface area (Å²) in [6.45, 7) is 2.54. The van der Waals surface area contributed by atoms with Crippen LogP contribution >= 0.6 is 23.2 Å². The number of hydrogen-bond donors (Lipinski definition) is 2. The zero-order valence-electron chi connectivity index (χ0n) is 11.3. The van der Waals surface area contributed by atoms with Crippen LogP contribution in [0.15, 0.2) is 18.3 Å². The number of anilines is 1. The molecule has 0 saturated carbocycles. The van der Waals surface area contributed by atoms with Gasteiger partial charge in [0.05, 0.1) is 21.2 Å². The summed E-state index contributed by atoms with van der Waals surface area (Å²) in [7, 11) is 0. The average molecular weight is 329 g/mol. The van der Waals surface area contributed by atoms with E-state index in [0.29, 0.717) is 12.2 Å². The minimum absolute atomic E-state index is 0.0797. The van der Waals surface area contributed by atoms with Gasteiger partial charge in [0.15, 0.2) is 0 Å². The van der Waals surface area contributed by atoms with Crippen LogP contribution in [0.1, 0.15) is 17.7 Å². The molecule has 6 nitrogen and oxygen atoms in total. The van der Waals surface area contributed by atoms with Crippen LogP contribution < -0.4 is 5.32 Å². The Hall–Kier alpha value is -1.79. The lowest BCUT2D eigenvalue weighted by molar-refractivity contribution is -0.383. The maximum Gasteiger partial charge on any atom is 0.293 e. The fraction of sp³-hybridized carbons (Fsp3) is 0.308. The molecule has 0 saturated heterocycles. The highest BCUT2D eigenvalue weighted by molar-refractivity contribution is 6.42. The van der Waals surface area contributed by atoms with Crippen LogP contribution in [0.25, 0.3) is 0 Å². The minimum atomic E-state index is -0.481. The molecular formula is C13H14Cl2N4O2. The fourth-order valence-corrected chi connectivity index (χ4v) is 2.28. The molecule has 1 aromatic carbocycles. The Labute approximate surface area is 131 Å². The molecule has 0 aliphatic carbocycles. The first kappa shape index (κ1) is 15.6. The van der Waals surface area contributed by atoms with E-state index in [1.807, 2.05) is 6.92 Å². The van der Waals surface area contributed by atoms with Gasteiger partial charge < -0.3 is 5.32 Å². The lowest BCUT2D eigenvalue weighted by Gasteiger charge is -2.08. The number of nitro groups is 1. The summed E-state index contributed by atoms with van der Waals surface area (Å²) in [5.41, 5.74) is 2.47. The Kier molecular flexibility index (Phi) is 5.03. The number of rotatable bonds is 6. The average Bonchev–Trinajstić information content (AvgIpc) is 2.83. The van der Waals surface area contributed by atoms with Crippen molar-refractivity contribution in [2.24, 2.45) is 0 Å². The van der Waals surface area contributed by atoms with Crippen LogP contribution in [-0.4, -0.2) is 21.7 Å². The van der Waals surface area contributed by atoms with E-state index in [9.17, 15) is 10.1 Å². The third kappa shape index (κ3) is 3.86. The molecule has 0 atom stereocenters. The van der Waals surface area contributed by atoms with Crippen molar-refractivity contribution in [3.8, 4) is 0 Å². The molecule has 2 N–H and O–H groups in total. The zero-order chi connectivity index (χ0) is 15.4. The van der Waals surface area contributed by atoms with Gasteiger partial charge in [-0.15, -0.1) is 0 Å². The van der Waals surface area contributed by atoms with E-state index in [-0.39, 0.29) is 15.7 Å². The summed E-state index contributed by atoms with van der Waals surface area (Å²) in [6.07, 6.45) is 3.44. The lowest BCUT2D eigenvalue weighted by atomic mass is 10.1. The van der Waals surface area contributed by atoms with Gasteiger partial charge in [-0.2, -0.15) is 5.10 Å². The van der Waals surface area contributed by atoms with Crippen molar-refractivity contribution in [1.82, 2.24) is 10.2 Å². The van der Waals surface area contributed by atoms with Crippen LogP contribution in [-0.2, 0) is 6.42 Å². The van der Waals surface area contributed by atoms with Crippen molar-refractivity contribution in [2.45, 2.75) is 19.8 Å². The summed E-state index contributed by atoms with van der Waals surface area (Å²) in [6, 6.07) is 2.73. The number of aromatic amines is 1. The maximum absolute atomic E-state index is 11.0. The Morgan fingerprint density at radius 1 is 1.38 bits per heavy atom. The number of halogens is 2. The Bertz CT molecular complexity index is 658. The number of hydrogen-bond acceptors (Lipinski definition) is 4. The third-order valence-electron chi connectivity index (χ3n) is 3.11. The summed E-state index contributed by atoms with van der Waals surface area (Å²) in [5, 5.41) is 21.3. The summed E-state index contributed by atoms with van der Waals surface area (Å²) >= 11 is 11.7. The van der Waals surface area contributed by atoms with E-state index in [4.69, 9.17) is 23.2 Å². The molecular weight excluding hydrogens is 315 g/mol. The van der Waals surface area contributed by atoms with Gasteiger partial charge in [-0.1, -0.05) is 23.2 Å². The van der Waals surface area contributed by atoms with Crippen LogP contribution in [0.2, 0.25) is 10.0 Å². The number of nitrogens with one attached hydrogen (secondary N) is 2. The first-order chi connectivity index (χ1) is 9.99. The predicted molar refractivity (Wildman–Crippen MR) is 83.3 cm³/mol. The lowest BCUT2D eigenvalue weighted by Crippen LogP contribution is -2.05. The molecule has 2 aromatic rings. The topological polar surface area (TPSA) is 83.8 Å². The number of nitrogens with zero attached hydrogens (tertiary/aromatic N) is 2. The molecule has 0 unspecified atom stereocenters. The third-order valence-corrected chi connectivity index (χ3v) is 3.83. The molecule has 0 aliphatic rings. The second-order valence-electron chi connectivity index (χ2n) is 4.59. The number of H-pyrrole nitrogens is 1. The van der Waals surface area contributed by atoms with E-state index in [1.54, 1.807) is 6.20 Å². The van der Waals surface area contributed by atoms with Gasteiger partial charge in [-0.25, -0.2) is 0 Å². The van der Waals surface area contributed by atoms with Gasteiger partial charge in [0, 0.05) is 18.3 Å². The van der Waals surface area contributed by atoms with Gasteiger partial charge in [-0.05, 0) is 31.4 Å². The molecule has 8 heteroatoms. The van der Waals surface area contributed by atoms with Crippen molar-refractivity contribution < 1.29 is 4.92 Å². The second kappa shape index (κ2) is 6.78. The molecule has 1 aromatic heterocycles. The molecule has 1 heterocycles. The highest BCUT2D eigenvalue weighted by Gasteiger charge is 2.16. The Morgan fingerprint density at radius 3 is 2.71 bits per heavy atom. The highest BCUT2D eigenvalue weighted by Crippen LogP contribution is 2.33. The fourth-order valence-electron chi connectivity index (χ4n) is 1.96. The normalized spacial score (nSPS) is 10.6. The van der Waals surface area contributed by atoms with Gasteiger partial charge in [-0.3, -0.25) is 15.2 Å². The smallest absolute Gasteiger partial charge is 0.293 e. The quantitative estimate of drug-likeness (QED) is 0.477. The summed E-state index contributed by atoms with van der Waals surface area (Å²) < 4.78 is 0. The monoisotopic (exact) mass is 328 g/mol. The first-order valence-corrected chi connectivity index (χ1v) is 7.10. The van der Waals surface area contributed by atoms with E-state index in [1.165, 1.54) is 12.1 Å². The molecule has 0 amide bonds. The molecule has 0 radical (unpaired) electrons. The van der Waals surface area contributed by atoms with Gasteiger partial charge in [0.1, 0.15) is 5.69 Å². The van der Waals surface area contributed by atoms with Gasteiger partial charge in [0.2, 0.25) is 0 Å². The van der Waals surface area contributed by atoms with Crippen molar-refractivity contribution in [3.05, 3.63) is 49.7 Å². The van der Waals surface area contributed by atoms with Crippen molar-refractivity contribution >= 4 is 34.6 Å². The summed E-state index contributed by atoms with van der Waals surface area (Å²) in [5.74, 6) is 0. The first-order valence-electron chi connectivity index (χ1n) is 6.35. The molecule has 0 spiro atoms. The SMILES string of the molecule is Cc1[nH]ncc1CCCNc1cc(Cl)c(Cl)cc1[N+](=O)[O-]. The number of benzene rings is 1. The molecule has 0 aliphatic heterocycles. The summed E-state index contributed by atoms with van der Waals surface area (Å²) in [4.78, 5) is 10.5. The molecule has 21 heavy (non-hydrogen) atoms. The van der Waals surface area contributed by atoms with E-state index in [2.05, 4.69) is 15.5 Å². The van der Waals surface area contributed by atoms with Gasteiger partial charge >= 0.3 is 0 Å². The maximum atomic E-state index is 11.0. The molecule has 2 rings (SSSR count). The molecule has 0 fully saturated rings. The highest BCUT2D eigenvalue weighted by atomic mass is 35.5. The predicted octanol–water partition coefficient (Wildman–Crippen LogP) is 3.98. The number of aromatic nitrogens is 2. The van der Waals surface area contributed by atoms with Crippen LogP contribution in [0.5, 0.6) is 0 Å². The van der Waals surface area contributed by atoms with E-state index >= 15 is 0 Å². The minimum Gasteiger partial charge on any atom is -0.379 e. The van der Waals surface area contributed by atoms with Gasteiger partial charge in [0.25, 0.3) is 5.69 Å². The van der Waals surface area contributed by atoms with Crippen molar-refractivity contribution in [2.75, 3.05) is 11.9 Å². The number of aryl methyl sites for hydroxylation is 2. The number of nitro benzene ring substituents is 1. The van der Waals surface area contributed by atoms with Crippen molar-refractivity contribution in [1.29, 1.82) is 0 Å². The standard InChI is InChI=1S/C13H14Cl2N4O2/c1-8-9(7-17-18-8)3-2-4-16-12-5-10(14)11(15)6-13(12)19(20)21/h5-7,16H,2-4H2,1H3,(H,17,18). The van der Waals surface area contributed by atoms with Crippen molar-refractivity contribution in [3.63, 3.8) is 0 Å². The van der Waals surface area contributed by atoms with Crippen LogP contribution in [0.3, 0.4) is 0 Å². The van der Waals surface area contributed by atoms with Crippen LogP contribution in [0.4, 0.5) is 11.4 Å². The molecule has 112 valence electrons. The largest absolute Gasteiger partial charge is 0.379 e. The van der Waals surface area contributed by atoms with E-state index < -0.39 is 4.92 Å². The molecule has 0 bridgehead atoms. The Balaban J connectivity index is 1.98. The van der Waals surface area contributed by atoms with E-state index in [0.717, 1.165) is 24.1 Å². The van der Waals surface area contributed by atoms with Crippen LogP contribution in [0, 0.1) is 17.0 Å².